The van der Waals surface area contributed by atoms with E-state index in [1.165, 1.54) is 0 Å². The molecule has 0 radical (unpaired) electrons. The number of rotatable bonds is 4. The summed E-state index contributed by atoms with van der Waals surface area (Å²) >= 11 is 0. The number of para-hydroxylation sites is 1. The van der Waals surface area contributed by atoms with Gasteiger partial charge in [0.1, 0.15) is 5.82 Å². The number of nitrogens with one attached hydrogen (secondary N) is 1. The van der Waals surface area contributed by atoms with Gasteiger partial charge >= 0.3 is 0 Å². The second-order valence-electron chi connectivity index (χ2n) is 4.74. The fourth-order valence-electron chi connectivity index (χ4n) is 1.89. The number of nitrogen functional groups attached to an aromatic ring is 1. The normalized spacial score (nSPS) is 10.5. The van der Waals surface area contributed by atoms with Gasteiger partial charge in [-0.2, -0.15) is 10.1 Å². The summed E-state index contributed by atoms with van der Waals surface area (Å²) in [6.45, 7) is 2.47. The fraction of sp³-hybridized carbons (Fsp3) is 0.133. The van der Waals surface area contributed by atoms with Gasteiger partial charge in [0.25, 0.3) is 0 Å². The van der Waals surface area contributed by atoms with Crippen LogP contribution in [0.5, 0.6) is 0 Å². The average molecular weight is 280 g/mol. The smallest absolute Gasteiger partial charge is 0.224 e. The van der Waals surface area contributed by atoms with E-state index >= 15 is 0 Å². The van der Waals surface area contributed by atoms with Crippen LogP contribution in [0.15, 0.2) is 48.9 Å². The van der Waals surface area contributed by atoms with Gasteiger partial charge in [-0.1, -0.05) is 18.2 Å². The minimum Gasteiger partial charge on any atom is -0.383 e. The highest BCUT2D eigenvalue weighted by Gasteiger charge is 2.03. The Balaban J connectivity index is 1.69. The van der Waals surface area contributed by atoms with Crippen molar-refractivity contribution in [2.45, 2.75) is 13.5 Å². The van der Waals surface area contributed by atoms with Gasteiger partial charge < -0.3 is 11.1 Å². The lowest BCUT2D eigenvalue weighted by atomic mass is 10.3. The molecule has 3 N–H and O–H groups in total. The van der Waals surface area contributed by atoms with E-state index in [1.807, 2.05) is 54.3 Å². The summed E-state index contributed by atoms with van der Waals surface area (Å²) in [4.78, 5) is 8.37. The summed E-state index contributed by atoms with van der Waals surface area (Å²) < 4.78 is 1.83. The first-order valence-electron chi connectivity index (χ1n) is 6.64. The summed E-state index contributed by atoms with van der Waals surface area (Å²) in [5.74, 6) is 1.01. The van der Waals surface area contributed by atoms with Crippen LogP contribution < -0.4 is 11.1 Å². The molecule has 3 rings (SSSR count). The summed E-state index contributed by atoms with van der Waals surface area (Å²) in [7, 11) is 0. The lowest BCUT2D eigenvalue weighted by Gasteiger charge is -2.04. The third kappa shape index (κ3) is 3.00. The summed E-state index contributed by atoms with van der Waals surface area (Å²) in [6.07, 6.45) is 5.50. The second-order valence-corrected chi connectivity index (χ2v) is 4.74. The first kappa shape index (κ1) is 13.1. The Kier molecular flexibility index (Phi) is 3.51. The molecule has 0 saturated carbocycles. The topological polar surface area (TPSA) is 81.7 Å². The molecule has 2 heterocycles. The largest absolute Gasteiger partial charge is 0.383 e. The Morgan fingerprint density at radius 1 is 1.19 bits per heavy atom. The predicted octanol–water partition coefficient (Wildman–Crippen LogP) is 2.17. The number of hydrogen-bond donors (Lipinski definition) is 2. The Hall–Kier alpha value is -2.89. The Morgan fingerprint density at radius 3 is 2.76 bits per heavy atom. The van der Waals surface area contributed by atoms with E-state index in [-0.39, 0.29) is 0 Å². The van der Waals surface area contributed by atoms with Crippen LogP contribution in [0.1, 0.15) is 11.1 Å². The zero-order valence-electron chi connectivity index (χ0n) is 11.7. The van der Waals surface area contributed by atoms with Gasteiger partial charge in [-0.25, -0.2) is 9.67 Å². The molecule has 0 unspecified atom stereocenters. The number of nitrogens with two attached hydrogens (primary N) is 1. The van der Waals surface area contributed by atoms with Crippen LogP contribution in [0.25, 0.3) is 5.69 Å². The quantitative estimate of drug-likeness (QED) is 0.765. The first-order chi connectivity index (χ1) is 10.2. The van der Waals surface area contributed by atoms with Gasteiger partial charge in [0, 0.05) is 30.1 Å². The SMILES string of the molecule is Cc1cnc(NCc2cnn(-c3ccccc3)c2)nc1N. The van der Waals surface area contributed by atoms with Crippen LogP contribution in [0.3, 0.4) is 0 Å². The molecule has 0 amide bonds. The molecule has 0 aliphatic heterocycles. The first-order valence-corrected chi connectivity index (χ1v) is 6.64. The molecule has 0 aliphatic carbocycles. The summed E-state index contributed by atoms with van der Waals surface area (Å²) in [6, 6.07) is 9.96. The zero-order valence-corrected chi connectivity index (χ0v) is 11.7. The van der Waals surface area contributed by atoms with Crippen LogP contribution in [0.2, 0.25) is 0 Å². The van der Waals surface area contributed by atoms with Gasteiger partial charge in [-0.3, -0.25) is 0 Å². The van der Waals surface area contributed by atoms with Crippen LogP contribution in [0, 0.1) is 6.92 Å². The lowest BCUT2D eigenvalue weighted by molar-refractivity contribution is 0.880. The van der Waals surface area contributed by atoms with Gasteiger partial charge in [0.2, 0.25) is 5.95 Å². The van der Waals surface area contributed by atoms with Crippen LogP contribution in [-0.2, 0) is 6.54 Å². The van der Waals surface area contributed by atoms with E-state index in [4.69, 9.17) is 5.73 Å². The van der Waals surface area contributed by atoms with E-state index < -0.39 is 0 Å². The molecule has 3 aromatic rings. The molecule has 6 nitrogen and oxygen atoms in total. The van der Waals surface area contributed by atoms with Crippen molar-refractivity contribution in [1.82, 2.24) is 19.7 Å². The maximum Gasteiger partial charge on any atom is 0.224 e. The molecule has 2 aromatic heterocycles. The van der Waals surface area contributed by atoms with Crippen molar-refractivity contribution in [3.8, 4) is 5.69 Å². The highest BCUT2D eigenvalue weighted by molar-refractivity contribution is 5.42. The standard InChI is InChI=1S/C15H16N6/c1-11-7-17-15(20-14(11)16)18-8-12-9-19-21(10-12)13-5-3-2-4-6-13/h2-7,9-10H,8H2,1H3,(H3,16,17,18,20). The van der Waals surface area contributed by atoms with Crippen molar-refractivity contribution >= 4 is 11.8 Å². The van der Waals surface area contributed by atoms with E-state index in [1.54, 1.807) is 6.20 Å². The van der Waals surface area contributed by atoms with Crippen molar-refractivity contribution in [2.75, 3.05) is 11.1 Å². The second kappa shape index (κ2) is 5.62. The molecule has 1 aromatic carbocycles. The number of nitrogens with zero attached hydrogens (tertiary/aromatic N) is 4. The highest BCUT2D eigenvalue weighted by atomic mass is 15.3. The monoisotopic (exact) mass is 280 g/mol. The molecule has 0 bridgehead atoms. The van der Waals surface area contributed by atoms with Crippen molar-refractivity contribution in [3.63, 3.8) is 0 Å². The summed E-state index contributed by atoms with van der Waals surface area (Å²) in [5, 5.41) is 7.48. The van der Waals surface area contributed by atoms with Crippen LogP contribution >= 0.6 is 0 Å². The lowest BCUT2D eigenvalue weighted by Crippen LogP contribution is -2.05. The number of aromatic nitrogens is 4. The van der Waals surface area contributed by atoms with E-state index in [0.29, 0.717) is 18.3 Å². The number of hydrogen-bond acceptors (Lipinski definition) is 5. The molecule has 106 valence electrons. The van der Waals surface area contributed by atoms with Crippen LogP contribution in [0.4, 0.5) is 11.8 Å². The van der Waals surface area contributed by atoms with Crippen molar-refractivity contribution in [2.24, 2.45) is 0 Å². The number of benzene rings is 1. The van der Waals surface area contributed by atoms with Gasteiger partial charge in [0.15, 0.2) is 0 Å². The molecule has 21 heavy (non-hydrogen) atoms. The molecular formula is C15H16N6. The maximum absolute atomic E-state index is 5.76. The minimum atomic E-state index is 0.493. The molecule has 0 saturated heterocycles. The maximum atomic E-state index is 5.76. The van der Waals surface area contributed by atoms with E-state index in [0.717, 1.165) is 16.8 Å². The van der Waals surface area contributed by atoms with E-state index in [2.05, 4.69) is 20.4 Å². The number of aryl methyl sites for hydroxylation is 1. The van der Waals surface area contributed by atoms with Crippen molar-refractivity contribution in [1.29, 1.82) is 0 Å². The molecule has 0 spiro atoms. The van der Waals surface area contributed by atoms with Gasteiger partial charge in [-0.15, -0.1) is 0 Å². The summed E-state index contributed by atoms with van der Waals surface area (Å²) in [5.41, 5.74) is 8.71. The van der Waals surface area contributed by atoms with Crippen molar-refractivity contribution < 1.29 is 0 Å². The third-order valence-electron chi connectivity index (χ3n) is 3.12. The van der Waals surface area contributed by atoms with Crippen LogP contribution in [-0.4, -0.2) is 19.7 Å². The molecule has 0 atom stereocenters. The molecular weight excluding hydrogens is 264 g/mol. The molecule has 0 fully saturated rings. The number of anilines is 2. The molecule has 0 aliphatic rings. The van der Waals surface area contributed by atoms with Crippen molar-refractivity contribution in [3.05, 3.63) is 60.0 Å². The third-order valence-corrected chi connectivity index (χ3v) is 3.12. The molecule has 6 heteroatoms. The Labute approximate surface area is 122 Å². The minimum absolute atomic E-state index is 0.493. The highest BCUT2D eigenvalue weighted by Crippen LogP contribution is 2.11. The zero-order chi connectivity index (χ0) is 14.7. The van der Waals surface area contributed by atoms with Gasteiger partial charge in [0.05, 0.1) is 11.9 Å². The van der Waals surface area contributed by atoms with E-state index in [9.17, 15) is 0 Å². The Bertz CT molecular complexity index is 735. The predicted molar refractivity (Wildman–Crippen MR) is 82.1 cm³/mol. The Morgan fingerprint density at radius 2 is 2.00 bits per heavy atom. The fourth-order valence-corrected chi connectivity index (χ4v) is 1.89. The average Bonchev–Trinajstić information content (AvgIpc) is 2.98. The van der Waals surface area contributed by atoms with Gasteiger partial charge in [-0.05, 0) is 19.1 Å².